The summed E-state index contributed by atoms with van der Waals surface area (Å²) in [6.07, 6.45) is 6.79. The number of carbonyl (C=O) groups excluding carboxylic acids is 1. The fraction of sp³-hybridized carbons (Fsp3) is 0.667. The standard InChI is InChI=1S/C12H18N2O2/c1-2-14-6-4-3-5-10(14)7-12-13-8-11(9-15)16-12/h8-10H,2-7H2,1H3. The highest BCUT2D eigenvalue weighted by Gasteiger charge is 2.22. The van der Waals surface area contributed by atoms with Gasteiger partial charge < -0.3 is 9.32 Å². The summed E-state index contributed by atoms with van der Waals surface area (Å²) >= 11 is 0. The average molecular weight is 222 g/mol. The predicted octanol–water partition coefficient (Wildman–Crippen LogP) is 1.90. The van der Waals surface area contributed by atoms with Gasteiger partial charge in [-0.3, -0.25) is 4.79 Å². The Bertz CT molecular complexity index is 349. The van der Waals surface area contributed by atoms with E-state index in [0.29, 0.717) is 24.0 Å². The van der Waals surface area contributed by atoms with Crippen molar-refractivity contribution in [1.82, 2.24) is 9.88 Å². The van der Waals surface area contributed by atoms with Crippen molar-refractivity contribution in [3.63, 3.8) is 0 Å². The van der Waals surface area contributed by atoms with Gasteiger partial charge in [-0.05, 0) is 25.9 Å². The van der Waals surface area contributed by atoms with Crippen molar-refractivity contribution in [2.75, 3.05) is 13.1 Å². The molecule has 0 radical (unpaired) electrons. The molecule has 0 amide bonds. The SMILES string of the molecule is CCN1CCCCC1Cc1ncc(C=O)o1. The molecule has 88 valence electrons. The molecule has 0 saturated carbocycles. The lowest BCUT2D eigenvalue weighted by Crippen LogP contribution is -2.40. The molecule has 1 fully saturated rings. The Kier molecular flexibility index (Phi) is 3.72. The van der Waals surface area contributed by atoms with Gasteiger partial charge in [0, 0.05) is 12.5 Å². The predicted molar refractivity (Wildman–Crippen MR) is 60.5 cm³/mol. The molecule has 0 aliphatic carbocycles. The molecule has 4 heteroatoms. The lowest BCUT2D eigenvalue weighted by Gasteiger charge is -2.34. The van der Waals surface area contributed by atoms with E-state index in [1.54, 1.807) is 0 Å². The summed E-state index contributed by atoms with van der Waals surface area (Å²) in [4.78, 5) is 17.1. The van der Waals surface area contributed by atoms with Crippen molar-refractivity contribution in [3.05, 3.63) is 17.8 Å². The molecule has 2 heterocycles. The van der Waals surface area contributed by atoms with E-state index in [0.717, 1.165) is 13.0 Å². The molecule has 1 aliphatic heterocycles. The first-order chi connectivity index (χ1) is 7.83. The van der Waals surface area contributed by atoms with Crippen LogP contribution in [0.5, 0.6) is 0 Å². The Morgan fingerprint density at radius 1 is 1.62 bits per heavy atom. The van der Waals surface area contributed by atoms with Crippen LogP contribution >= 0.6 is 0 Å². The molecule has 1 unspecified atom stereocenters. The second-order valence-corrected chi connectivity index (χ2v) is 4.26. The molecule has 1 aliphatic rings. The number of oxazole rings is 1. The second kappa shape index (κ2) is 5.25. The third-order valence-corrected chi connectivity index (χ3v) is 3.25. The molecule has 1 aromatic rings. The first-order valence-corrected chi connectivity index (χ1v) is 5.97. The molecule has 0 spiro atoms. The van der Waals surface area contributed by atoms with Crippen molar-refractivity contribution >= 4 is 6.29 Å². The number of aromatic nitrogens is 1. The van der Waals surface area contributed by atoms with E-state index < -0.39 is 0 Å². The minimum absolute atomic E-state index is 0.328. The number of piperidine rings is 1. The Labute approximate surface area is 95.6 Å². The fourth-order valence-corrected chi connectivity index (χ4v) is 2.38. The lowest BCUT2D eigenvalue weighted by molar-refractivity contribution is 0.109. The monoisotopic (exact) mass is 222 g/mol. The topological polar surface area (TPSA) is 46.3 Å². The van der Waals surface area contributed by atoms with Crippen LogP contribution in [0.3, 0.4) is 0 Å². The van der Waals surface area contributed by atoms with Crippen molar-refractivity contribution in [2.45, 2.75) is 38.6 Å². The second-order valence-electron chi connectivity index (χ2n) is 4.26. The number of likely N-dealkylation sites (tertiary alicyclic amines) is 1. The summed E-state index contributed by atoms with van der Waals surface area (Å²) in [5.74, 6) is 1.02. The summed E-state index contributed by atoms with van der Waals surface area (Å²) in [5, 5.41) is 0. The highest BCUT2D eigenvalue weighted by Crippen LogP contribution is 2.20. The van der Waals surface area contributed by atoms with Gasteiger partial charge in [0.2, 0.25) is 0 Å². The van der Waals surface area contributed by atoms with E-state index in [2.05, 4.69) is 16.8 Å². The van der Waals surface area contributed by atoms with Crippen LogP contribution < -0.4 is 0 Å². The number of hydrogen-bond acceptors (Lipinski definition) is 4. The van der Waals surface area contributed by atoms with Crippen LogP contribution in [0.2, 0.25) is 0 Å². The zero-order valence-electron chi connectivity index (χ0n) is 9.69. The molecule has 16 heavy (non-hydrogen) atoms. The number of nitrogens with zero attached hydrogens (tertiary/aromatic N) is 2. The molecule has 0 bridgehead atoms. The average Bonchev–Trinajstić information content (AvgIpc) is 2.77. The fourth-order valence-electron chi connectivity index (χ4n) is 2.38. The van der Waals surface area contributed by atoms with Gasteiger partial charge in [-0.1, -0.05) is 13.3 Å². The maximum atomic E-state index is 10.5. The minimum atomic E-state index is 0.328. The molecular weight excluding hydrogens is 204 g/mol. The van der Waals surface area contributed by atoms with Crippen LogP contribution in [0.4, 0.5) is 0 Å². The van der Waals surface area contributed by atoms with Gasteiger partial charge >= 0.3 is 0 Å². The normalized spacial score (nSPS) is 22.2. The van der Waals surface area contributed by atoms with Gasteiger partial charge in [0.1, 0.15) is 0 Å². The van der Waals surface area contributed by atoms with Crippen LogP contribution in [0.15, 0.2) is 10.6 Å². The van der Waals surface area contributed by atoms with Gasteiger partial charge in [-0.15, -0.1) is 0 Å². The zero-order chi connectivity index (χ0) is 11.4. The maximum absolute atomic E-state index is 10.5. The highest BCUT2D eigenvalue weighted by molar-refractivity contribution is 5.69. The van der Waals surface area contributed by atoms with Crippen LogP contribution in [0.1, 0.15) is 42.6 Å². The smallest absolute Gasteiger partial charge is 0.196 e. The number of hydrogen-bond donors (Lipinski definition) is 0. The van der Waals surface area contributed by atoms with Crippen molar-refractivity contribution in [1.29, 1.82) is 0 Å². The number of likely N-dealkylation sites (N-methyl/N-ethyl adjacent to an activating group) is 1. The van der Waals surface area contributed by atoms with Crippen LogP contribution in [0, 0.1) is 0 Å². The number of aldehydes is 1. The van der Waals surface area contributed by atoms with Gasteiger partial charge in [-0.2, -0.15) is 0 Å². The van der Waals surface area contributed by atoms with Crippen molar-refractivity contribution < 1.29 is 9.21 Å². The minimum Gasteiger partial charge on any atom is -0.438 e. The van der Waals surface area contributed by atoms with E-state index in [1.807, 2.05) is 0 Å². The van der Waals surface area contributed by atoms with Crippen molar-refractivity contribution in [2.24, 2.45) is 0 Å². The lowest BCUT2D eigenvalue weighted by atomic mass is 9.99. The largest absolute Gasteiger partial charge is 0.438 e. The Morgan fingerprint density at radius 3 is 3.19 bits per heavy atom. The summed E-state index contributed by atoms with van der Waals surface area (Å²) < 4.78 is 5.32. The third kappa shape index (κ3) is 2.50. The molecule has 0 N–H and O–H groups in total. The number of rotatable bonds is 4. The number of carbonyl (C=O) groups is 1. The third-order valence-electron chi connectivity index (χ3n) is 3.25. The van der Waals surface area contributed by atoms with Crippen LogP contribution in [-0.4, -0.2) is 35.3 Å². The summed E-state index contributed by atoms with van der Waals surface area (Å²) in [7, 11) is 0. The van der Waals surface area contributed by atoms with E-state index in [4.69, 9.17) is 4.42 Å². The van der Waals surface area contributed by atoms with Gasteiger partial charge in [0.05, 0.1) is 6.20 Å². The Balaban J connectivity index is 1.98. The Hall–Kier alpha value is -1.16. The molecule has 1 aromatic heterocycles. The van der Waals surface area contributed by atoms with E-state index in [1.165, 1.54) is 32.0 Å². The molecular formula is C12H18N2O2. The Morgan fingerprint density at radius 2 is 2.50 bits per heavy atom. The highest BCUT2D eigenvalue weighted by atomic mass is 16.4. The molecule has 0 aromatic carbocycles. The van der Waals surface area contributed by atoms with Crippen molar-refractivity contribution in [3.8, 4) is 0 Å². The summed E-state index contributed by atoms with van der Waals surface area (Å²) in [5.41, 5.74) is 0. The first kappa shape index (κ1) is 11.3. The van der Waals surface area contributed by atoms with E-state index in [9.17, 15) is 4.79 Å². The zero-order valence-corrected chi connectivity index (χ0v) is 9.69. The van der Waals surface area contributed by atoms with E-state index in [-0.39, 0.29) is 0 Å². The quantitative estimate of drug-likeness (QED) is 0.730. The molecule has 1 atom stereocenters. The van der Waals surface area contributed by atoms with Crippen LogP contribution in [0.25, 0.3) is 0 Å². The van der Waals surface area contributed by atoms with Gasteiger partial charge in [0.15, 0.2) is 17.9 Å². The van der Waals surface area contributed by atoms with Gasteiger partial charge in [0.25, 0.3) is 0 Å². The molecule has 1 saturated heterocycles. The summed E-state index contributed by atoms with van der Waals surface area (Å²) in [6.45, 7) is 4.43. The van der Waals surface area contributed by atoms with E-state index >= 15 is 0 Å². The molecule has 2 rings (SSSR count). The summed E-state index contributed by atoms with van der Waals surface area (Å²) in [6, 6.07) is 0.525. The van der Waals surface area contributed by atoms with Gasteiger partial charge in [-0.25, -0.2) is 4.98 Å². The maximum Gasteiger partial charge on any atom is 0.196 e. The molecule has 4 nitrogen and oxygen atoms in total. The van der Waals surface area contributed by atoms with Crippen LogP contribution in [-0.2, 0) is 6.42 Å². The first-order valence-electron chi connectivity index (χ1n) is 5.97.